The van der Waals surface area contributed by atoms with Gasteiger partial charge >= 0.3 is 0 Å². The van der Waals surface area contributed by atoms with Crippen molar-refractivity contribution in [1.82, 2.24) is 5.32 Å². The molecule has 0 rings (SSSR count). The highest BCUT2D eigenvalue weighted by Gasteiger charge is 2.13. The van der Waals surface area contributed by atoms with E-state index in [-0.39, 0.29) is 5.91 Å². The molecule has 0 atom stereocenters. The van der Waals surface area contributed by atoms with Crippen LogP contribution in [0.3, 0.4) is 0 Å². The predicted molar refractivity (Wildman–Crippen MR) is 117 cm³/mol. The average molecular weight is 368 g/mol. The fourth-order valence-electron chi connectivity index (χ4n) is 3.64. The molecule has 2 nitrogen and oxygen atoms in total. The second-order valence-electron chi connectivity index (χ2n) is 8.68. The van der Waals surface area contributed by atoms with Gasteiger partial charge in [-0.25, -0.2) is 0 Å². The maximum Gasteiger partial charge on any atom is 0.220 e. The van der Waals surface area contributed by atoms with Gasteiger partial charge in [0.15, 0.2) is 0 Å². The lowest BCUT2D eigenvalue weighted by Crippen LogP contribution is -2.35. The van der Waals surface area contributed by atoms with Gasteiger partial charge in [0.1, 0.15) is 0 Å². The Labute approximate surface area is 165 Å². The standard InChI is InChI=1S/C24H49NO/c1-5-7-9-11-13-15-17-19-23(25-24(26)21-22(3)4)20-18-16-14-12-10-8-6-2/h22-23H,5-21H2,1-4H3,(H,25,26). The Balaban J connectivity index is 3.95. The molecule has 0 aromatic carbocycles. The van der Waals surface area contributed by atoms with E-state index in [0.717, 1.165) is 0 Å². The summed E-state index contributed by atoms with van der Waals surface area (Å²) in [5.74, 6) is 0.712. The average Bonchev–Trinajstić information content (AvgIpc) is 2.59. The van der Waals surface area contributed by atoms with Gasteiger partial charge in [0, 0.05) is 12.5 Å². The number of nitrogens with one attached hydrogen (secondary N) is 1. The molecule has 0 heterocycles. The Morgan fingerprint density at radius 3 is 1.42 bits per heavy atom. The van der Waals surface area contributed by atoms with Crippen LogP contribution in [0.15, 0.2) is 0 Å². The Morgan fingerprint density at radius 2 is 1.04 bits per heavy atom. The summed E-state index contributed by atoms with van der Waals surface area (Å²) in [5.41, 5.74) is 0. The van der Waals surface area contributed by atoms with Crippen molar-refractivity contribution in [3.63, 3.8) is 0 Å². The Kier molecular flexibility index (Phi) is 18.8. The largest absolute Gasteiger partial charge is 0.353 e. The van der Waals surface area contributed by atoms with Gasteiger partial charge in [-0.1, -0.05) is 118 Å². The third-order valence-corrected chi connectivity index (χ3v) is 5.27. The number of rotatable bonds is 19. The van der Waals surface area contributed by atoms with E-state index >= 15 is 0 Å². The van der Waals surface area contributed by atoms with Gasteiger partial charge in [-0.15, -0.1) is 0 Å². The summed E-state index contributed by atoms with van der Waals surface area (Å²) in [6.45, 7) is 8.80. The first-order chi connectivity index (χ1) is 12.6. The van der Waals surface area contributed by atoms with Crippen molar-refractivity contribution in [2.24, 2.45) is 5.92 Å². The molecule has 0 fully saturated rings. The molecule has 26 heavy (non-hydrogen) atoms. The molecule has 0 radical (unpaired) electrons. The second kappa shape index (κ2) is 19.2. The van der Waals surface area contributed by atoms with E-state index in [2.05, 4.69) is 33.0 Å². The molecule has 156 valence electrons. The van der Waals surface area contributed by atoms with Crippen molar-refractivity contribution in [1.29, 1.82) is 0 Å². The Bertz CT molecular complexity index is 283. The summed E-state index contributed by atoms with van der Waals surface area (Å²) in [6.07, 6.45) is 21.9. The van der Waals surface area contributed by atoms with Crippen LogP contribution in [0.2, 0.25) is 0 Å². The minimum atomic E-state index is 0.260. The first-order valence-corrected chi connectivity index (χ1v) is 11.9. The maximum absolute atomic E-state index is 12.2. The molecule has 0 saturated carbocycles. The first-order valence-electron chi connectivity index (χ1n) is 11.9. The van der Waals surface area contributed by atoms with E-state index in [4.69, 9.17) is 0 Å². The smallest absolute Gasteiger partial charge is 0.220 e. The number of amides is 1. The fraction of sp³-hybridized carbons (Fsp3) is 0.958. The normalized spacial score (nSPS) is 11.5. The predicted octanol–water partition coefficient (Wildman–Crippen LogP) is 7.80. The fourth-order valence-corrected chi connectivity index (χ4v) is 3.64. The molecule has 0 saturated heterocycles. The van der Waals surface area contributed by atoms with Gasteiger partial charge in [-0.05, 0) is 18.8 Å². The molecular formula is C24H49NO. The SMILES string of the molecule is CCCCCCCCCC(CCCCCCCCC)NC(=O)CC(C)C. The number of hydrogen-bond donors (Lipinski definition) is 1. The van der Waals surface area contributed by atoms with Crippen LogP contribution in [0.25, 0.3) is 0 Å². The minimum Gasteiger partial charge on any atom is -0.353 e. The van der Waals surface area contributed by atoms with Crippen LogP contribution < -0.4 is 5.32 Å². The van der Waals surface area contributed by atoms with Crippen LogP contribution >= 0.6 is 0 Å². The minimum absolute atomic E-state index is 0.260. The zero-order valence-electron chi connectivity index (χ0n) is 18.6. The van der Waals surface area contributed by atoms with Crippen molar-refractivity contribution in [3.8, 4) is 0 Å². The van der Waals surface area contributed by atoms with Gasteiger partial charge in [0.05, 0.1) is 0 Å². The first kappa shape index (κ1) is 25.5. The highest BCUT2D eigenvalue weighted by molar-refractivity contribution is 5.76. The molecule has 0 spiro atoms. The van der Waals surface area contributed by atoms with E-state index in [1.165, 1.54) is 103 Å². The van der Waals surface area contributed by atoms with E-state index in [0.29, 0.717) is 18.4 Å². The molecular weight excluding hydrogens is 318 g/mol. The van der Waals surface area contributed by atoms with Crippen LogP contribution in [-0.2, 0) is 4.79 Å². The van der Waals surface area contributed by atoms with Gasteiger partial charge in [0.25, 0.3) is 0 Å². The van der Waals surface area contributed by atoms with Crippen LogP contribution in [0.4, 0.5) is 0 Å². The van der Waals surface area contributed by atoms with Crippen molar-refractivity contribution >= 4 is 5.91 Å². The lowest BCUT2D eigenvalue weighted by molar-refractivity contribution is -0.122. The molecule has 0 aromatic rings. The summed E-state index contributed by atoms with van der Waals surface area (Å²) >= 11 is 0. The van der Waals surface area contributed by atoms with Gasteiger partial charge in [-0.3, -0.25) is 4.79 Å². The lowest BCUT2D eigenvalue weighted by atomic mass is 9.99. The van der Waals surface area contributed by atoms with E-state index in [9.17, 15) is 4.79 Å². The maximum atomic E-state index is 12.2. The third-order valence-electron chi connectivity index (χ3n) is 5.27. The highest BCUT2D eigenvalue weighted by Crippen LogP contribution is 2.15. The molecule has 1 N–H and O–H groups in total. The van der Waals surface area contributed by atoms with Crippen LogP contribution in [0, 0.1) is 5.92 Å². The third kappa shape index (κ3) is 18.3. The molecule has 0 bridgehead atoms. The number of carbonyl (C=O) groups is 1. The zero-order valence-corrected chi connectivity index (χ0v) is 18.6. The van der Waals surface area contributed by atoms with Gasteiger partial charge in [-0.2, -0.15) is 0 Å². The molecule has 0 aliphatic rings. The molecule has 0 aliphatic heterocycles. The number of hydrogen-bond acceptors (Lipinski definition) is 1. The monoisotopic (exact) mass is 367 g/mol. The molecule has 0 aliphatic carbocycles. The summed E-state index contributed by atoms with van der Waals surface area (Å²) in [7, 11) is 0. The van der Waals surface area contributed by atoms with E-state index in [1.807, 2.05) is 0 Å². The summed E-state index contributed by atoms with van der Waals surface area (Å²) in [4.78, 5) is 12.2. The van der Waals surface area contributed by atoms with Gasteiger partial charge < -0.3 is 5.32 Å². The van der Waals surface area contributed by atoms with Crippen molar-refractivity contribution in [3.05, 3.63) is 0 Å². The van der Waals surface area contributed by atoms with Crippen molar-refractivity contribution in [2.75, 3.05) is 0 Å². The summed E-state index contributed by atoms with van der Waals surface area (Å²) in [5, 5.41) is 3.33. The summed E-state index contributed by atoms with van der Waals surface area (Å²) < 4.78 is 0. The molecule has 0 unspecified atom stereocenters. The number of unbranched alkanes of at least 4 members (excludes halogenated alkanes) is 12. The Hall–Kier alpha value is -0.530. The van der Waals surface area contributed by atoms with Crippen LogP contribution in [0.5, 0.6) is 0 Å². The number of carbonyl (C=O) groups excluding carboxylic acids is 1. The van der Waals surface area contributed by atoms with Gasteiger partial charge in [0.2, 0.25) is 5.91 Å². The highest BCUT2D eigenvalue weighted by atomic mass is 16.1. The molecule has 1 amide bonds. The molecule has 0 aromatic heterocycles. The zero-order chi connectivity index (χ0) is 19.5. The van der Waals surface area contributed by atoms with E-state index in [1.54, 1.807) is 0 Å². The topological polar surface area (TPSA) is 29.1 Å². The Morgan fingerprint density at radius 1 is 0.654 bits per heavy atom. The molecule has 2 heteroatoms. The van der Waals surface area contributed by atoms with Crippen molar-refractivity contribution in [2.45, 2.75) is 143 Å². The quantitative estimate of drug-likeness (QED) is 0.232. The van der Waals surface area contributed by atoms with Crippen LogP contribution in [0.1, 0.15) is 137 Å². The van der Waals surface area contributed by atoms with Crippen molar-refractivity contribution < 1.29 is 4.79 Å². The van der Waals surface area contributed by atoms with Crippen LogP contribution in [-0.4, -0.2) is 11.9 Å². The van der Waals surface area contributed by atoms with E-state index < -0.39 is 0 Å². The summed E-state index contributed by atoms with van der Waals surface area (Å²) in [6, 6.07) is 0.410. The second-order valence-corrected chi connectivity index (χ2v) is 8.68. The lowest BCUT2D eigenvalue weighted by Gasteiger charge is -2.19.